The average molecular weight is 378 g/mol. The molecule has 140 valence electrons. The van der Waals surface area contributed by atoms with Crippen molar-refractivity contribution in [1.82, 2.24) is 9.88 Å². The molecule has 2 rings (SSSR count). The normalized spacial score (nSPS) is 11.6. The van der Waals surface area contributed by atoms with Gasteiger partial charge in [-0.25, -0.2) is 9.78 Å². The van der Waals surface area contributed by atoms with E-state index in [4.69, 9.17) is 9.47 Å². The van der Waals surface area contributed by atoms with Crippen molar-refractivity contribution in [1.29, 1.82) is 0 Å². The maximum atomic E-state index is 12.2. The molecule has 0 saturated heterocycles. The van der Waals surface area contributed by atoms with E-state index in [1.807, 2.05) is 19.1 Å². The minimum absolute atomic E-state index is 0.106. The van der Waals surface area contributed by atoms with Gasteiger partial charge in [-0.3, -0.25) is 4.79 Å². The molecule has 1 aromatic heterocycles. The first-order chi connectivity index (χ1) is 12.4. The lowest BCUT2D eigenvalue weighted by molar-refractivity contribution is -0.131. The summed E-state index contributed by atoms with van der Waals surface area (Å²) in [5, 5.41) is 2.29. The van der Waals surface area contributed by atoms with Gasteiger partial charge in [0.05, 0.1) is 27.4 Å². The van der Waals surface area contributed by atoms with Crippen LogP contribution >= 0.6 is 11.3 Å². The van der Waals surface area contributed by atoms with Crippen LogP contribution in [-0.2, 0) is 16.1 Å². The lowest BCUT2D eigenvalue weighted by Crippen LogP contribution is -2.31. The molecule has 0 saturated carbocycles. The molecule has 8 heteroatoms. The largest absolute Gasteiger partial charge is 0.497 e. The van der Waals surface area contributed by atoms with Gasteiger partial charge in [-0.05, 0) is 19.1 Å². The number of methoxy groups -OCH3 is 3. The number of nitrogens with zero attached hydrogens (tertiary/aromatic N) is 2. The molecule has 0 fully saturated rings. The first-order valence-electron chi connectivity index (χ1n) is 7.93. The highest BCUT2D eigenvalue weighted by atomic mass is 32.1. The molecule has 1 atom stereocenters. The third-order valence-electron chi connectivity index (χ3n) is 3.98. The molecule has 1 amide bonds. The van der Waals surface area contributed by atoms with Crippen molar-refractivity contribution < 1.29 is 23.8 Å². The van der Waals surface area contributed by atoms with Crippen molar-refractivity contribution >= 4 is 23.2 Å². The molecule has 0 spiro atoms. The van der Waals surface area contributed by atoms with Gasteiger partial charge >= 0.3 is 5.97 Å². The van der Waals surface area contributed by atoms with E-state index in [9.17, 15) is 9.59 Å². The van der Waals surface area contributed by atoms with Gasteiger partial charge in [0.25, 0.3) is 0 Å². The zero-order chi connectivity index (χ0) is 19.3. The number of carbonyl (C=O) groups is 2. The Kier molecular flexibility index (Phi) is 6.57. The Labute approximate surface area is 156 Å². The Morgan fingerprint density at radius 3 is 2.54 bits per heavy atom. The van der Waals surface area contributed by atoms with Crippen LogP contribution in [0.15, 0.2) is 23.6 Å². The molecule has 1 heterocycles. The number of benzene rings is 1. The van der Waals surface area contributed by atoms with Crippen molar-refractivity contribution in [2.75, 3.05) is 21.3 Å². The van der Waals surface area contributed by atoms with Gasteiger partial charge < -0.3 is 19.1 Å². The topological polar surface area (TPSA) is 78.0 Å². The predicted molar refractivity (Wildman–Crippen MR) is 97.6 cm³/mol. The van der Waals surface area contributed by atoms with E-state index in [0.717, 1.165) is 5.56 Å². The van der Waals surface area contributed by atoms with Crippen LogP contribution in [0.4, 0.5) is 0 Å². The Morgan fingerprint density at radius 2 is 1.96 bits per heavy atom. The van der Waals surface area contributed by atoms with Crippen LogP contribution in [0.1, 0.15) is 40.9 Å². The number of carbonyl (C=O) groups excluding carboxylic acids is 2. The summed E-state index contributed by atoms with van der Waals surface area (Å²) in [7, 11) is 4.46. The summed E-state index contributed by atoms with van der Waals surface area (Å²) in [5.74, 6) is 0.712. The Balaban J connectivity index is 2.27. The minimum Gasteiger partial charge on any atom is -0.497 e. The quantitative estimate of drug-likeness (QED) is 0.689. The van der Waals surface area contributed by atoms with Gasteiger partial charge in [0.1, 0.15) is 16.5 Å². The third kappa shape index (κ3) is 4.32. The lowest BCUT2D eigenvalue weighted by atomic mass is 10.1. The summed E-state index contributed by atoms with van der Waals surface area (Å²) in [6, 6.07) is 5.15. The second-order valence-corrected chi connectivity index (χ2v) is 6.45. The van der Waals surface area contributed by atoms with Gasteiger partial charge in [0, 0.05) is 30.5 Å². The second-order valence-electron chi connectivity index (χ2n) is 5.56. The summed E-state index contributed by atoms with van der Waals surface area (Å²) in [6.07, 6.45) is 0. The number of hydrogen-bond donors (Lipinski definition) is 0. The van der Waals surface area contributed by atoms with Crippen LogP contribution in [0.2, 0.25) is 0 Å². The summed E-state index contributed by atoms with van der Waals surface area (Å²) in [6.45, 7) is 3.72. The van der Waals surface area contributed by atoms with E-state index >= 15 is 0 Å². The highest BCUT2D eigenvalue weighted by Gasteiger charge is 2.24. The molecule has 0 aliphatic rings. The van der Waals surface area contributed by atoms with Crippen molar-refractivity contribution in [3.8, 4) is 11.5 Å². The number of thiazole rings is 1. The number of ether oxygens (including phenoxy) is 3. The van der Waals surface area contributed by atoms with Crippen LogP contribution in [0.3, 0.4) is 0 Å². The van der Waals surface area contributed by atoms with Gasteiger partial charge in [-0.15, -0.1) is 11.3 Å². The standard InChI is InChI=1S/C18H22N2O5S/c1-11(17-19-15(10-26-17)18(22)25-5)20(12(2)21)9-13-6-7-14(23-3)8-16(13)24-4/h6-8,10-11H,9H2,1-5H3. The maximum Gasteiger partial charge on any atom is 0.357 e. The van der Waals surface area contributed by atoms with E-state index in [-0.39, 0.29) is 17.6 Å². The van der Waals surface area contributed by atoms with Gasteiger partial charge in [-0.1, -0.05) is 0 Å². The average Bonchev–Trinajstić information content (AvgIpc) is 3.14. The number of amides is 1. The molecular weight excluding hydrogens is 356 g/mol. The molecule has 7 nitrogen and oxygen atoms in total. The van der Waals surface area contributed by atoms with Crippen molar-refractivity contribution in [3.05, 3.63) is 39.8 Å². The highest BCUT2D eigenvalue weighted by molar-refractivity contribution is 7.09. The fourth-order valence-electron chi connectivity index (χ4n) is 2.50. The third-order valence-corrected chi connectivity index (χ3v) is 5.00. The van der Waals surface area contributed by atoms with Crippen LogP contribution in [0, 0.1) is 0 Å². The van der Waals surface area contributed by atoms with Crippen LogP contribution in [0.5, 0.6) is 11.5 Å². The van der Waals surface area contributed by atoms with E-state index in [0.29, 0.717) is 23.1 Å². The summed E-state index contributed by atoms with van der Waals surface area (Å²) in [5.41, 5.74) is 1.09. The van der Waals surface area contributed by atoms with Crippen molar-refractivity contribution in [3.63, 3.8) is 0 Å². The minimum atomic E-state index is -0.495. The molecule has 2 aromatic rings. The summed E-state index contributed by atoms with van der Waals surface area (Å²) >= 11 is 1.32. The van der Waals surface area contributed by atoms with Crippen LogP contribution in [-0.4, -0.2) is 43.1 Å². The predicted octanol–water partition coefficient (Wildman–Crippen LogP) is 3.06. The number of hydrogen-bond acceptors (Lipinski definition) is 7. The Morgan fingerprint density at radius 1 is 1.23 bits per heavy atom. The fourth-order valence-corrected chi connectivity index (χ4v) is 3.35. The molecule has 1 unspecified atom stereocenters. The molecule has 0 radical (unpaired) electrons. The molecule has 1 aromatic carbocycles. The summed E-state index contributed by atoms with van der Waals surface area (Å²) in [4.78, 5) is 29.8. The number of esters is 1. The van der Waals surface area contributed by atoms with E-state index in [2.05, 4.69) is 9.72 Å². The SMILES string of the molecule is COC(=O)c1csc(C(C)N(Cc2ccc(OC)cc2OC)C(C)=O)n1. The lowest BCUT2D eigenvalue weighted by Gasteiger charge is -2.27. The molecule has 0 aliphatic carbocycles. The van der Waals surface area contributed by atoms with Crippen LogP contribution in [0.25, 0.3) is 0 Å². The Hall–Kier alpha value is -2.61. The number of aromatic nitrogens is 1. The first-order valence-corrected chi connectivity index (χ1v) is 8.81. The van der Waals surface area contributed by atoms with Crippen LogP contribution < -0.4 is 9.47 Å². The number of rotatable bonds is 7. The highest BCUT2D eigenvalue weighted by Crippen LogP contribution is 2.30. The molecular formula is C18H22N2O5S. The van der Waals surface area contributed by atoms with E-state index < -0.39 is 5.97 Å². The molecule has 0 aliphatic heterocycles. The van der Waals surface area contributed by atoms with Crippen molar-refractivity contribution in [2.45, 2.75) is 26.4 Å². The fraction of sp³-hybridized carbons (Fsp3) is 0.389. The first kappa shape index (κ1) is 19.7. The maximum absolute atomic E-state index is 12.2. The molecule has 0 N–H and O–H groups in total. The zero-order valence-corrected chi connectivity index (χ0v) is 16.3. The molecule has 0 bridgehead atoms. The van der Waals surface area contributed by atoms with Crippen molar-refractivity contribution in [2.24, 2.45) is 0 Å². The van der Waals surface area contributed by atoms with Gasteiger partial charge in [-0.2, -0.15) is 0 Å². The zero-order valence-electron chi connectivity index (χ0n) is 15.4. The smallest absolute Gasteiger partial charge is 0.357 e. The molecule has 26 heavy (non-hydrogen) atoms. The van der Waals surface area contributed by atoms with E-state index in [1.165, 1.54) is 25.4 Å². The second kappa shape index (κ2) is 8.66. The van der Waals surface area contributed by atoms with E-state index in [1.54, 1.807) is 30.6 Å². The van der Waals surface area contributed by atoms with Gasteiger partial charge in [0.2, 0.25) is 5.91 Å². The monoisotopic (exact) mass is 378 g/mol. The van der Waals surface area contributed by atoms with Gasteiger partial charge in [0.15, 0.2) is 5.69 Å². The summed E-state index contributed by atoms with van der Waals surface area (Å²) < 4.78 is 15.3. The Bertz CT molecular complexity index is 790.